The van der Waals surface area contributed by atoms with E-state index in [1.807, 2.05) is 6.08 Å². The molecule has 1 N–H and O–H groups in total. The van der Waals surface area contributed by atoms with E-state index in [0.717, 1.165) is 12.8 Å². The van der Waals surface area contributed by atoms with Crippen molar-refractivity contribution in [2.45, 2.75) is 32.3 Å². The van der Waals surface area contributed by atoms with Crippen LogP contribution in [0, 0.1) is 22.7 Å². The standard InChI is InChI=1S/C15H18O5/c1-13(2)4-8-3-9(11(16)17)10-5-19-12(18)15(7-20-15)14(8,10)6-13/h3,8,10H,4-7H2,1-2H3,(H,16,17)/t8-,10+,14?,15-/m1/s1. The Balaban J connectivity index is 1.88. The summed E-state index contributed by atoms with van der Waals surface area (Å²) in [5, 5.41) is 9.44. The van der Waals surface area contributed by atoms with Crippen molar-refractivity contribution in [1.82, 2.24) is 0 Å². The van der Waals surface area contributed by atoms with E-state index in [9.17, 15) is 14.7 Å². The first-order chi connectivity index (χ1) is 9.32. The van der Waals surface area contributed by atoms with Gasteiger partial charge in [-0.05, 0) is 24.2 Å². The zero-order chi connectivity index (χ0) is 14.3. The van der Waals surface area contributed by atoms with Gasteiger partial charge in [0.2, 0.25) is 0 Å². The van der Waals surface area contributed by atoms with Gasteiger partial charge in [-0.25, -0.2) is 9.59 Å². The Labute approximate surface area is 116 Å². The fraction of sp³-hybridized carbons (Fsp3) is 0.733. The molecule has 0 amide bonds. The molecular weight excluding hydrogens is 260 g/mol. The van der Waals surface area contributed by atoms with Gasteiger partial charge in [-0.15, -0.1) is 0 Å². The fourth-order valence-electron chi connectivity index (χ4n) is 5.08. The van der Waals surface area contributed by atoms with Gasteiger partial charge in [-0.3, -0.25) is 0 Å². The number of ether oxygens (including phenoxy) is 2. The highest BCUT2D eigenvalue weighted by atomic mass is 16.6. The Kier molecular flexibility index (Phi) is 2.03. The van der Waals surface area contributed by atoms with Crippen LogP contribution >= 0.6 is 0 Å². The molecule has 0 aromatic rings. The maximum Gasteiger partial charge on any atom is 0.341 e. The molecule has 4 atom stereocenters. The molecule has 4 aliphatic rings. The molecule has 4 rings (SSSR count). The molecule has 20 heavy (non-hydrogen) atoms. The first-order valence-corrected chi connectivity index (χ1v) is 7.09. The number of cyclic esters (lactones) is 1. The molecule has 2 spiro atoms. The minimum Gasteiger partial charge on any atom is -0.478 e. The SMILES string of the molecule is CC1(C)C[C@H]2C=C(C(=O)O)[C@@H]3COC(=O)[C@]4(CO4)C23C1. The Hall–Kier alpha value is -1.36. The lowest BCUT2D eigenvalue weighted by Gasteiger charge is -2.44. The van der Waals surface area contributed by atoms with E-state index in [4.69, 9.17) is 9.47 Å². The lowest BCUT2D eigenvalue weighted by molar-refractivity contribution is -0.174. The van der Waals surface area contributed by atoms with Gasteiger partial charge >= 0.3 is 11.9 Å². The average Bonchev–Trinajstić information content (AvgIpc) is 3.01. The third-order valence-electron chi connectivity index (χ3n) is 5.73. The number of carbonyl (C=O) groups excluding carboxylic acids is 1. The van der Waals surface area contributed by atoms with E-state index in [1.165, 1.54) is 0 Å². The molecule has 5 nitrogen and oxygen atoms in total. The first kappa shape index (κ1) is 12.4. The molecule has 0 aromatic heterocycles. The van der Waals surface area contributed by atoms with Crippen molar-refractivity contribution in [3.63, 3.8) is 0 Å². The van der Waals surface area contributed by atoms with E-state index in [-0.39, 0.29) is 29.8 Å². The molecule has 2 aliphatic heterocycles. The highest BCUT2D eigenvalue weighted by Gasteiger charge is 2.79. The van der Waals surface area contributed by atoms with Gasteiger partial charge in [0.25, 0.3) is 0 Å². The van der Waals surface area contributed by atoms with Crippen molar-refractivity contribution >= 4 is 11.9 Å². The molecule has 3 fully saturated rings. The summed E-state index contributed by atoms with van der Waals surface area (Å²) in [6.45, 7) is 4.91. The maximum absolute atomic E-state index is 12.2. The summed E-state index contributed by atoms with van der Waals surface area (Å²) in [6, 6.07) is 0. The van der Waals surface area contributed by atoms with Crippen LogP contribution in [-0.4, -0.2) is 35.9 Å². The summed E-state index contributed by atoms with van der Waals surface area (Å²) in [7, 11) is 0. The number of rotatable bonds is 1. The molecule has 0 radical (unpaired) electrons. The number of carbonyl (C=O) groups is 2. The molecule has 0 bridgehead atoms. The van der Waals surface area contributed by atoms with Gasteiger partial charge < -0.3 is 14.6 Å². The van der Waals surface area contributed by atoms with E-state index in [1.54, 1.807) is 0 Å². The van der Waals surface area contributed by atoms with Gasteiger partial charge in [-0.1, -0.05) is 19.9 Å². The van der Waals surface area contributed by atoms with Gasteiger partial charge in [-0.2, -0.15) is 0 Å². The summed E-state index contributed by atoms with van der Waals surface area (Å²) in [5.41, 5.74) is -0.783. The normalized spacial score (nSPS) is 47.5. The monoisotopic (exact) mass is 278 g/mol. The van der Waals surface area contributed by atoms with Crippen molar-refractivity contribution in [1.29, 1.82) is 0 Å². The number of aliphatic carboxylic acids is 1. The number of epoxide rings is 1. The minimum absolute atomic E-state index is 0.0972. The zero-order valence-electron chi connectivity index (χ0n) is 11.6. The zero-order valence-corrected chi connectivity index (χ0v) is 11.6. The number of allylic oxidation sites excluding steroid dienone is 1. The largest absolute Gasteiger partial charge is 0.478 e. The van der Waals surface area contributed by atoms with Crippen molar-refractivity contribution in [3.8, 4) is 0 Å². The number of carboxylic acid groups (broad SMARTS) is 1. The second-order valence-corrected chi connectivity index (χ2v) is 7.39. The van der Waals surface area contributed by atoms with Crippen LogP contribution in [0.1, 0.15) is 26.7 Å². The molecule has 2 aliphatic carbocycles. The molecule has 2 heterocycles. The Morgan fingerprint density at radius 3 is 2.75 bits per heavy atom. The quantitative estimate of drug-likeness (QED) is 0.579. The molecule has 1 saturated carbocycles. The van der Waals surface area contributed by atoms with Gasteiger partial charge in [0.05, 0.1) is 13.2 Å². The predicted molar refractivity (Wildman–Crippen MR) is 67.8 cm³/mol. The molecule has 5 heteroatoms. The molecule has 0 aromatic carbocycles. The van der Waals surface area contributed by atoms with Gasteiger partial charge in [0, 0.05) is 16.9 Å². The predicted octanol–water partition coefficient (Wildman–Crippen LogP) is 1.38. The van der Waals surface area contributed by atoms with E-state index < -0.39 is 17.0 Å². The summed E-state index contributed by atoms with van der Waals surface area (Å²) in [4.78, 5) is 23.7. The smallest absolute Gasteiger partial charge is 0.341 e. The lowest BCUT2D eigenvalue weighted by atomic mass is 9.61. The topological polar surface area (TPSA) is 76.1 Å². The summed E-state index contributed by atoms with van der Waals surface area (Å²) >= 11 is 0. The number of hydrogen-bond donors (Lipinski definition) is 1. The number of carboxylic acids is 1. The number of hydrogen-bond acceptors (Lipinski definition) is 4. The third-order valence-corrected chi connectivity index (χ3v) is 5.73. The second-order valence-electron chi connectivity index (χ2n) is 7.39. The van der Waals surface area contributed by atoms with Crippen LogP contribution in [0.2, 0.25) is 0 Å². The second kappa shape index (κ2) is 3.27. The van der Waals surface area contributed by atoms with Crippen molar-refractivity contribution in [2.75, 3.05) is 13.2 Å². The number of esters is 1. The van der Waals surface area contributed by atoms with Crippen LogP contribution in [0.15, 0.2) is 11.6 Å². The van der Waals surface area contributed by atoms with Crippen LogP contribution < -0.4 is 0 Å². The summed E-state index contributed by atoms with van der Waals surface area (Å²) in [5.74, 6) is -1.32. The Bertz CT molecular complexity index is 557. The van der Waals surface area contributed by atoms with E-state index >= 15 is 0 Å². The van der Waals surface area contributed by atoms with Gasteiger partial charge in [0.15, 0.2) is 5.60 Å². The third kappa shape index (κ3) is 1.18. The molecule has 1 unspecified atom stereocenters. The van der Waals surface area contributed by atoms with Crippen LogP contribution in [0.4, 0.5) is 0 Å². The van der Waals surface area contributed by atoms with Crippen LogP contribution in [-0.2, 0) is 19.1 Å². The first-order valence-electron chi connectivity index (χ1n) is 7.09. The Morgan fingerprint density at radius 1 is 1.45 bits per heavy atom. The lowest BCUT2D eigenvalue weighted by Crippen LogP contribution is -2.56. The molecular formula is C15H18O5. The summed E-state index contributed by atoms with van der Waals surface area (Å²) < 4.78 is 10.8. The van der Waals surface area contributed by atoms with Crippen molar-refractivity contribution < 1.29 is 24.2 Å². The molecule has 108 valence electrons. The van der Waals surface area contributed by atoms with Crippen LogP contribution in [0.5, 0.6) is 0 Å². The minimum atomic E-state index is -0.893. The van der Waals surface area contributed by atoms with E-state index in [2.05, 4.69) is 13.8 Å². The summed E-state index contributed by atoms with van der Waals surface area (Å²) in [6.07, 6.45) is 3.59. The fourth-order valence-corrected chi connectivity index (χ4v) is 5.08. The highest BCUT2D eigenvalue weighted by molar-refractivity contribution is 5.92. The van der Waals surface area contributed by atoms with Crippen molar-refractivity contribution in [2.24, 2.45) is 22.7 Å². The molecule has 2 saturated heterocycles. The Morgan fingerprint density at radius 2 is 2.15 bits per heavy atom. The van der Waals surface area contributed by atoms with Crippen molar-refractivity contribution in [3.05, 3.63) is 11.6 Å². The van der Waals surface area contributed by atoms with Crippen LogP contribution in [0.25, 0.3) is 0 Å². The van der Waals surface area contributed by atoms with Crippen LogP contribution in [0.3, 0.4) is 0 Å². The maximum atomic E-state index is 12.2. The van der Waals surface area contributed by atoms with Gasteiger partial charge in [0.1, 0.15) is 0 Å². The highest BCUT2D eigenvalue weighted by Crippen LogP contribution is 2.71. The average molecular weight is 278 g/mol. The van der Waals surface area contributed by atoms with E-state index in [0.29, 0.717) is 12.2 Å².